The molecule has 0 aliphatic carbocycles. The van der Waals surface area contributed by atoms with Crippen LogP contribution in [0.2, 0.25) is 5.02 Å². The Morgan fingerprint density at radius 1 is 1.21 bits per heavy atom. The van der Waals surface area contributed by atoms with E-state index in [9.17, 15) is 4.79 Å². The zero-order valence-corrected chi connectivity index (χ0v) is 20.4. The lowest BCUT2D eigenvalue weighted by Gasteiger charge is -2.15. The highest BCUT2D eigenvalue weighted by atomic mass is 35.5. The van der Waals surface area contributed by atoms with Gasteiger partial charge in [0.2, 0.25) is 5.91 Å². The highest BCUT2D eigenvalue weighted by Gasteiger charge is 2.14. The largest absolute Gasteiger partial charge is 0.493 e. The molecule has 1 heterocycles. The molecule has 0 atom stereocenters. The van der Waals surface area contributed by atoms with Gasteiger partial charge in [-0.25, -0.2) is 0 Å². The molecule has 1 N–H and O–H groups in total. The lowest BCUT2D eigenvalue weighted by atomic mass is 10.1. The van der Waals surface area contributed by atoms with Crippen molar-refractivity contribution in [3.8, 4) is 11.5 Å². The maximum absolute atomic E-state index is 12.4. The SMILES string of the molecule is COc1cc(/C=C/C(=O)NCc2c(C)nn(Cc3ccccc3)c2C)cc(Cl)c1OC(C)C. The van der Waals surface area contributed by atoms with E-state index in [0.29, 0.717) is 29.6 Å². The second-order valence-electron chi connectivity index (χ2n) is 8.04. The van der Waals surface area contributed by atoms with Crippen LogP contribution in [-0.2, 0) is 17.9 Å². The van der Waals surface area contributed by atoms with Gasteiger partial charge in [-0.1, -0.05) is 41.9 Å². The van der Waals surface area contributed by atoms with Gasteiger partial charge in [-0.3, -0.25) is 9.48 Å². The number of carbonyl (C=O) groups excluding carboxylic acids is 1. The van der Waals surface area contributed by atoms with E-state index >= 15 is 0 Å². The van der Waals surface area contributed by atoms with Crippen LogP contribution in [0.25, 0.3) is 6.08 Å². The minimum Gasteiger partial charge on any atom is -0.493 e. The highest BCUT2D eigenvalue weighted by Crippen LogP contribution is 2.37. The zero-order valence-electron chi connectivity index (χ0n) is 19.7. The Morgan fingerprint density at radius 2 is 1.94 bits per heavy atom. The first-order valence-corrected chi connectivity index (χ1v) is 11.2. The Morgan fingerprint density at radius 3 is 2.61 bits per heavy atom. The number of nitrogens with zero attached hydrogens (tertiary/aromatic N) is 2. The van der Waals surface area contributed by atoms with Gasteiger partial charge in [0.25, 0.3) is 0 Å². The van der Waals surface area contributed by atoms with Crippen LogP contribution in [-0.4, -0.2) is 28.9 Å². The summed E-state index contributed by atoms with van der Waals surface area (Å²) in [6.45, 7) is 8.92. The van der Waals surface area contributed by atoms with E-state index in [1.165, 1.54) is 11.6 Å². The lowest BCUT2D eigenvalue weighted by molar-refractivity contribution is -0.116. The van der Waals surface area contributed by atoms with Gasteiger partial charge in [0.1, 0.15) is 0 Å². The number of hydrogen-bond donors (Lipinski definition) is 1. The fraction of sp³-hybridized carbons (Fsp3) is 0.308. The van der Waals surface area contributed by atoms with Gasteiger partial charge in [-0.05, 0) is 57.0 Å². The molecule has 6 nitrogen and oxygen atoms in total. The molecule has 0 bridgehead atoms. The van der Waals surface area contributed by atoms with Crippen LogP contribution in [0.3, 0.4) is 0 Å². The van der Waals surface area contributed by atoms with Gasteiger partial charge < -0.3 is 14.8 Å². The van der Waals surface area contributed by atoms with Crippen LogP contribution < -0.4 is 14.8 Å². The Bertz CT molecular complexity index is 1140. The number of carbonyl (C=O) groups is 1. The second-order valence-corrected chi connectivity index (χ2v) is 8.45. The Balaban J connectivity index is 1.65. The van der Waals surface area contributed by atoms with Crippen LogP contribution in [0.4, 0.5) is 0 Å². The normalized spacial score (nSPS) is 11.2. The molecule has 1 amide bonds. The smallest absolute Gasteiger partial charge is 0.244 e. The minimum absolute atomic E-state index is 0.0347. The summed E-state index contributed by atoms with van der Waals surface area (Å²) in [5.41, 5.74) is 4.89. The number of rotatable bonds is 9. The van der Waals surface area contributed by atoms with Crippen molar-refractivity contribution >= 4 is 23.6 Å². The molecule has 33 heavy (non-hydrogen) atoms. The van der Waals surface area contributed by atoms with Crippen molar-refractivity contribution in [2.24, 2.45) is 0 Å². The van der Waals surface area contributed by atoms with E-state index in [1.807, 2.05) is 50.6 Å². The molecule has 7 heteroatoms. The van der Waals surface area contributed by atoms with Gasteiger partial charge in [-0.2, -0.15) is 5.10 Å². The number of nitrogens with one attached hydrogen (secondary N) is 1. The average molecular weight is 468 g/mol. The molecule has 2 aromatic carbocycles. The highest BCUT2D eigenvalue weighted by molar-refractivity contribution is 6.32. The number of methoxy groups -OCH3 is 1. The molecule has 0 spiro atoms. The molecule has 0 saturated heterocycles. The molecule has 0 radical (unpaired) electrons. The molecule has 0 saturated carbocycles. The fourth-order valence-corrected chi connectivity index (χ4v) is 3.76. The maximum Gasteiger partial charge on any atom is 0.244 e. The third kappa shape index (κ3) is 6.39. The average Bonchev–Trinajstić information content (AvgIpc) is 3.05. The van der Waals surface area contributed by atoms with E-state index < -0.39 is 0 Å². The number of benzene rings is 2. The molecule has 0 aliphatic rings. The number of aryl methyl sites for hydroxylation is 1. The van der Waals surface area contributed by atoms with Gasteiger partial charge in [0.15, 0.2) is 11.5 Å². The third-order valence-electron chi connectivity index (χ3n) is 5.18. The van der Waals surface area contributed by atoms with Crippen molar-refractivity contribution in [1.29, 1.82) is 0 Å². The predicted octanol–water partition coefficient (Wildman–Crippen LogP) is 5.33. The van der Waals surface area contributed by atoms with Gasteiger partial charge in [0, 0.05) is 23.9 Å². The Kier molecular flexibility index (Phi) is 8.17. The van der Waals surface area contributed by atoms with E-state index in [-0.39, 0.29) is 12.0 Å². The van der Waals surface area contributed by atoms with Gasteiger partial charge in [0.05, 0.1) is 30.5 Å². The Hall–Kier alpha value is -3.25. The predicted molar refractivity (Wildman–Crippen MR) is 132 cm³/mol. The van der Waals surface area contributed by atoms with E-state index in [0.717, 1.165) is 22.5 Å². The van der Waals surface area contributed by atoms with Crippen molar-refractivity contribution in [2.75, 3.05) is 7.11 Å². The molecule has 3 rings (SSSR count). The number of aromatic nitrogens is 2. The first kappa shape index (κ1) is 24.4. The molecular formula is C26H30ClN3O3. The third-order valence-corrected chi connectivity index (χ3v) is 5.46. The molecule has 174 valence electrons. The van der Waals surface area contributed by atoms with Gasteiger partial charge in [-0.15, -0.1) is 0 Å². The quantitative estimate of drug-likeness (QED) is 0.432. The summed E-state index contributed by atoms with van der Waals surface area (Å²) < 4.78 is 13.1. The summed E-state index contributed by atoms with van der Waals surface area (Å²) in [6.07, 6.45) is 3.14. The van der Waals surface area contributed by atoms with E-state index in [2.05, 4.69) is 22.5 Å². The fourth-order valence-electron chi connectivity index (χ4n) is 3.49. The lowest BCUT2D eigenvalue weighted by Crippen LogP contribution is -2.21. The first-order valence-electron chi connectivity index (χ1n) is 10.9. The molecule has 0 unspecified atom stereocenters. The van der Waals surface area contributed by atoms with Crippen molar-refractivity contribution < 1.29 is 14.3 Å². The molecule has 0 aliphatic heterocycles. The number of amides is 1. The van der Waals surface area contributed by atoms with E-state index in [4.69, 9.17) is 21.1 Å². The van der Waals surface area contributed by atoms with Crippen molar-refractivity contribution in [3.63, 3.8) is 0 Å². The number of hydrogen-bond acceptors (Lipinski definition) is 4. The first-order chi connectivity index (χ1) is 15.8. The van der Waals surface area contributed by atoms with Crippen molar-refractivity contribution in [3.05, 3.63) is 81.6 Å². The van der Waals surface area contributed by atoms with Crippen LogP contribution >= 0.6 is 11.6 Å². The van der Waals surface area contributed by atoms with Crippen LogP contribution in [0.1, 0.15) is 41.9 Å². The minimum atomic E-state index is -0.206. The molecule has 0 fully saturated rings. The van der Waals surface area contributed by atoms with Crippen molar-refractivity contribution in [1.82, 2.24) is 15.1 Å². The van der Waals surface area contributed by atoms with Crippen molar-refractivity contribution in [2.45, 2.75) is 46.9 Å². The second kappa shape index (κ2) is 11.1. The van der Waals surface area contributed by atoms with Crippen LogP contribution in [0, 0.1) is 13.8 Å². The number of halogens is 1. The molecular weight excluding hydrogens is 438 g/mol. The van der Waals surface area contributed by atoms with Crippen LogP contribution in [0.15, 0.2) is 48.5 Å². The van der Waals surface area contributed by atoms with Gasteiger partial charge >= 0.3 is 0 Å². The summed E-state index contributed by atoms with van der Waals surface area (Å²) in [6, 6.07) is 13.7. The standard InChI is InChI=1S/C26H30ClN3O3/c1-17(2)33-26-23(27)13-21(14-24(26)32-5)11-12-25(31)28-15-22-18(3)29-30(19(22)4)16-20-9-7-6-8-10-20/h6-14,17H,15-16H2,1-5H3,(H,28,31)/b12-11+. The monoisotopic (exact) mass is 467 g/mol. The maximum atomic E-state index is 12.4. The summed E-state index contributed by atoms with van der Waals surface area (Å²) in [5, 5.41) is 8.01. The summed E-state index contributed by atoms with van der Waals surface area (Å²) in [5.74, 6) is 0.810. The molecule has 3 aromatic rings. The molecule has 1 aromatic heterocycles. The summed E-state index contributed by atoms with van der Waals surface area (Å²) >= 11 is 6.36. The van der Waals surface area contributed by atoms with E-state index in [1.54, 1.807) is 25.3 Å². The topological polar surface area (TPSA) is 65.4 Å². The number of ether oxygens (including phenoxy) is 2. The van der Waals surface area contributed by atoms with Crippen LogP contribution in [0.5, 0.6) is 11.5 Å². The summed E-state index contributed by atoms with van der Waals surface area (Å²) in [4.78, 5) is 12.4. The summed E-state index contributed by atoms with van der Waals surface area (Å²) in [7, 11) is 1.56. The zero-order chi connectivity index (χ0) is 24.0. The Labute approximate surface area is 200 Å².